The zero-order valence-electron chi connectivity index (χ0n) is 7.88. The molecule has 0 heterocycles. The molecule has 0 spiro atoms. The molecule has 0 fully saturated rings. The summed E-state index contributed by atoms with van der Waals surface area (Å²) in [6.07, 6.45) is -0.707. The molecule has 0 aromatic heterocycles. The molecule has 0 saturated heterocycles. The predicted molar refractivity (Wildman–Crippen MR) is 47.3 cm³/mol. The Bertz CT molecular complexity index is 410. The van der Waals surface area contributed by atoms with Gasteiger partial charge in [-0.25, -0.2) is 13.2 Å². The summed E-state index contributed by atoms with van der Waals surface area (Å²) in [7, 11) is 0. The van der Waals surface area contributed by atoms with Gasteiger partial charge in [0, 0.05) is 18.1 Å². The molecule has 0 radical (unpaired) electrons. The molecule has 1 atom stereocenters. The second-order valence-corrected chi connectivity index (χ2v) is 3.13. The number of phenols is 1. The second kappa shape index (κ2) is 4.40. The smallest absolute Gasteiger partial charge is 0.320 e. The average Bonchev–Trinajstić information content (AvgIpc) is 2.21. The van der Waals surface area contributed by atoms with Crippen LogP contribution in [0.25, 0.3) is 0 Å². The quantitative estimate of drug-likeness (QED) is 0.675. The lowest BCUT2D eigenvalue weighted by atomic mass is 10.0. The first-order valence-electron chi connectivity index (χ1n) is 4.18. The van der Waals surface area contributed by atoms with E-state index >= 15 is 0 Å². The van der Waals surface area contributed by atoms with Gasteiger partial charge in [0.2, 0.25) is 0 Å². The second-order valence-electron chi connectivity index (χ2n) is 3.13. The Morgan fingerprint density at radius 2 is 1.94 bits per heavy atom. The highest BCUT2D eigenvalue weighted by atomic mass is 19.2. The van der Waals surface area contributed by atoms with Crippen LogP contribution in [0.3, 0.4) is 0 Å². The van der Waals surface area contributed by atoms with Crippen LogP contribution in [-0.2, 0) is 11.2 Å². The summed E-state index contributed by atoms with van der Waals surface area (Å²) in [5.74, 6) is -6.98. The third kappa shape index (κ3) is 2.25. The van der Waals surface area contributed by atoms with E-state index in [2.05, 4.69) is 0 Å². The molecule has 4 nitrogen and oxygen atoms in total. The fraction of sp³-hybridized carbons (Fsp3) is 0.222. The number of carboxylic acids is 1. The van der Waals surface area contributed by atoms with Crippen LogP contribution in [-0.4, -0.2) is 22.2 Å². The molecule has 7 heteroatoms. The number of aromatic hydroxyl groups is 1. The number of nitrogens with two attached hydrogens (primary N) is 1. The molecule has 88 valence electrons. The van der Waals surface area contributed by atoms with Gasteiger partial charge in [-0.2, -0.15) is 0 Å². The zero-order chi connectivity index (χ0) is 12.5. The molecule has 0 bridgehead atoms. The molecule has 0 aliphatic rings. The van der Waals surface area contributed by atoms with Gasteiger partial charge in [-0.1, -0.05) is 0 Å². The van der Waals surface area contributed by atoms with Crippen molar-refractivity contribution in [1.82, 2.24) is 0 Å². The number of aliphatic carboxylic acids is 1. The predicted octanol–water partition coefficient (Wildman–Crippen LogP) is 0.764. The molecular formula is C9H8F3NO3. The maximum absolute atomic E-state index is 13.1. The van der Waals surface area contributed by atoms with Crippen molar-refractivity contribution in [2.45, 2.75) is 12.5 Å². The van der Waals surface area contributed by atoms with Crippen molar-refractivity contribution in [2.75, 3.05) is 0 Å². The third-order valence-electron chi connectivity index (χ3n) is 1.98. The number of rotatable bonds is 3. The number of benzene rings is 1. The molecule has 0 aliphatic heterocycles. The maximum atomic E-state index is 13.1. The van der Waals surface area contributed by atoms with E-state index in [4.69, 9.17) is 15.9 Å². The Hall–Kier alpha value is -1.76. The van der Waals surface area contributed by atoms with E-state index in [1.54, 1.807) is 0 Å². The number of carbonyl (C=O) groups is 1. The Kier molecular flexibility index (Phi) is 3.38. The van der Waals surface area contributed by atoms with Gasteiger partial charge in [-0.15, -0.1) is 0 Å². The lowest BCUT2D eigenvalue weighted by Crippen LogP contribution is -2.32. The molecule has 1 aromatic rings. The lowest BCUT2D eigenvalue weighted by molar-refractivity contribution is -0.138. The normalized spacial score (nSPS) is 12.5. The first-order chi connectivity index (χ1) is 7.34. The van der Waals surface area contributed by atoms with Gasteiger partial charge in [-0.05, 0) is 0 Å². The highest BCUT2D eigenvalue weighted by Gasteiger charge is 2.22. The van der Waals surface area contributed by atoms with Gasteiger partial charge in [0.15, 0.2) is 23.2 Å². The minimum Gasteiger partial charge on any atom is -0.505 e. The number of hydrogen-bond acceptors (Lipinski definition) is 3. The highest BCUT2D eigenvalue weighted by molar-refractivity contribution is 5.73. The molecule has 4 N–H and O–H groups in total. The van der Waals surface area contributed by atoms with Crippen LogP contribution in [0.4, 0.5) is 13.2 Å². The van der Waals surface area contributed by atoms with E-state index in [9.17, 15) is 18.0 Å². The summed E-state index contributed by atoms with van der Waals surface area (Å²) in [5, 5.41) is 17.6. The monoisotopic (exact) mass is 235 g/mol. The highest BCUT2D eigenvalue weighted by Crippen LogP contribution is 2.27. The van der Waals surface area contributed by atoms with E-state index in [1.807, 2.05) is 0 Å². The summed E-state index contributed by atoms with van der Waals surface area (Å²) in [4.78, 5) is 10.4. The van der Waals surface area contributed by atoms with Crippen LogP contribution in [0, 0.1) is 17.5 Å². The molecule has 1 rings (SSSR count). The van der Waals surface area contributed by atoms with Crippen LogP contribution in [0.15, 0.2) is 6.07 Å². The molecule has 0 saturated carbocycles. The molecular weight excluding hydrogens is 227 g/mol. The summed E-state index contributed by atoms with van der Waals surface area (Å²) in [6, 6.07) is -1.39. The van der Waals surface area contributed by atoms with Crippen LogP contribution < -0.4 is 5.73 Å². The molecule has 1 aromatic carbocycles. The van der Waals surface area contributed by atoms with Gasteiger partial charge in [-0.3, -0.25) is 4.79 Å². The molecule has 0 aliphatic carbocycles. The number of hydrogen-bond donors (Lipinski definition) is 3. The number of halogens is 3. The standard InChI is InChI=1S/C9H8F3NO3/c10-4-2-5(11)8(14)3(7(4)12)1-6(13)9(15)16/h2,6,14H,1,13H2,(H,15,16). The van der Waals surface area contributed by atoms with E-state index in [0.29, 0.717) is 0 Å². The summed E-state index contributed by atoms with van der Waals surface area (Å²) in [5.41, 5.74) is 4.28. The first kappa shape index (κ1) is 12.3. The minimum absolute atomic E-state index is 0.167. The van der Waals surface area contributed by atoms with Crippen LogP contribution in [0.2, 0.25) is 0 Å². The minimum atomic E-state index is -1.55. The molecule has 1 unspecified atom stereocenters. The van der Waals surface area contributed by atoms with Crippen molar-refractivity contribution in [3.05, 3.63) is 29.1 Å². The van der Waals surface area contributed by atoms with Gasteiger partial charge in [0.05, 0.1) is 0 Å². The van der Waals surface area contributed by atoms with Gasteiger partial charge in [0.1, 0.15) is 6.04 Å². The zero-order valence-corrected chi connectivity index (χ0v) is 7.88. The van der Waals surface area contributed by atoms with E-state index in [1.165, 1.54) is 0 Å². The van der Waals surface area contributed by atoms with Crippen LogP contribution in [0.1, 0.15) is 5.56 Å². The summed E-state index contributed by atoms with van der Waals surface area (Å²) < 4.78 is 38.7. The van der Waals surface area contributed by atoms with E-state index in [0.717, 1.165) is 0 Å². The van der Waals surface area contributed by atoms with Crippen molar-refractivity contribution < 1.29 is 28.2 Å². The van der Waals surface area contributed by atoms with Crippen molar-refractivity contribution in [3.63, 3.8) is 0 Å². The Labute approximate surface area is 88.1 Å². The first-order valence-corrected chi connectivity index (χ1v) is 4.18. The van der Waals surface area contributed by atoms with Gasteiger partial charge in [0.25, 0.3) is 0 Å². The fourth-order valence-corrected chi connectivity index (χ4v) is 1.13. The molecule has 16 heavy (non-hydrogen) atoms. The van der Waals surface area contributed by atoms with Crippen molar-refractivity contribution in [3.8, 4) is 5.75 Å². The summed E-state index contributed by atoms with van der Waals surface area (Å²) >= 11 is 0. The van der Waals surface area contributed by atoms with Crippen molar-refractivity contribution >= 4 is 5.97 Å². The maximum Gasteiger partial charge on any atom is 0.320 e. The van der Waals surface area contributed by atoms with E-state index in [-0.39, 0.29) is 6.07 Å². The lowest BCUT2D eigenvalue weighted by Gasteiger charge is -2.10. The molecule has 0 amide bonds. The van der Waals surface area contributed by atoms with Crippen LogP contribution in [0.5, 0.6) is 5.75 Å². The van der Waals surface area contributed by atoms with E-state index < -0.39 is 47.2 Å². The van der Waals surface area contributed by atoms with Crippen molar-refractivity contribution in [1.29, 1.82) is 0 Å². The topological polar surface area (TPSA) is 83.5 Å². The van der Waals surface area contributed by atoms with Crippen molar-refractivity contribution in [2.24, 2.45) is 5.73 Å². The van der Waals surface area contributed by atoms with Crippen LogP contribution >= 0.6 is 0 Å². The largest absolute Gasteiger partial charge is 0.505 e. The van der Waals surface area contributed by atoms with Gasteiger partial charge < -0.3 is 15.9 Å². The summed E-state index contributed by atoms with van der Waals surface area (Å²) in [6.45, 7) is 0. The Morgan fingerprint density at radius 1 is 1.38 bits per heavy atom. The fourth-order valence-electron chi connectivity index (χ4n) is 1.13. The Morgan fingerprint density at radius 3 is 2.44 bits per heavy atom. The SMILES string of the molecule is NC(Cc1c(O)c(F)cc(F)c1F)C(=O)O. The number of phenolic OH excluding ortho intramolecular Hbond substituents is 1. The average molecular weight is 235 g/mol. The Balaban J connectivity index is 3.17. The van der Waals surface area contributed by atoms with Gasteiger partial charge >= 0.3 is 5.97 Å². The third-order valence-corrected chi connectivity index (χ3v) is 1.98. The number of carboxylic acid groups (broad SMARTS) is 1.